The molecule has 0 N–H and O–H groups in total. The summed E-state index contributed by atoms with van der Waals surface area (Å²) in [6.45, 7) is 10.7. The van der Waals surface area contributed by atoms with Crippen LogP contribution in [-0.2, 0) is 6.42 Å². The maximum Gasteiger partial charge on any atom is 0.260 e. The Hall–Kier alpha value is -2.35. The van der Waals surface area contributed by atoms with Gasteiger partial charge in [-0.25, -0.2) is 4.98 Å². The molecule has 8 heteroatoms. The molecule has 0 aliphatic carbocycles. The van der Waals surface area contributed by atoms with Gasteiger partial charge in [0, 0.05) is 18.7 Å². The number of aryl methyl sites for hydroxylation is 1. The van der Waals surface area contributed by atoms with E-state index in [0.29, 0.717) is 36.8 Å². The molecule has 0 saturated heterocycles. The van der Waals surface area contributed by atoms with E-state index in [1.807, 2.05) is 18.2 Å². The zero-order valence-corrected chi connectivity index (χ0v) is 20.4. The van der Waals surface area contributed by atoms with Gasteiger partial charge in [-0.15, -0.1) is 12.4 Å². The summed E-state index contributed by atoms with van der Waals surface area (Å²) in [6, 6.07) is 11.7. The number of carbonyl (C=O) groups is 1. The molecular formula is C24H30ClN3O3S. The minimum absolute atomic E-state index is 0. The topological polar surface area (TPSA) is 54.9 Å². The van der Waals surface area contributed by atoms with Gasteiger partial charge < -0.3 is 14.4 Å². The minimum Gasteiger partial charge on any atom is -0.486 e. The minimum atomic E-state index is -0.0705. The molecule has 0 saturated carbocycles. The Morgan fingerprint density at radius 2 is 1.75 bits per heavy atom. The number of benzene rings is 2. The molecule has 6 nitrogen and oxygen atoms in total. The van der Waals surface area contributed by atoms with E-state index in [9.17, 15) is 4.79 Å². The fourth-order valence-corrected chi connectivity index (χ4v) is 4.74. The Morgan fingerprint density at radius 3 is 2.47 bits per heavy atom. The number of fused-ring (bicyclic) bond motifs is 2. The molecule has 0 fully saturated rings. The van der Waals surface area contributed by atoms with Crippen LogP contribution in [0.25, 0.3) is 10.2 Å². The summed E-state index contributed by atoms with van der Waals surface area (Å²) in [5.41, 5.74) is 2.79. The van der Waals surface area contributed by atoms with Gasteiger partial charge in [-0.1, -0.05) is 38.2 Å². The standard InChI is InChI=1S/C24H29N3O3S.ClH/c1-4-17-7-9-19-22(15-17)31-24(25-19)27(12-11-26(5-2)6-3)23(28)18-8-10-20-21(16-18)30-14-13-29-20;/h7-10,15-16H,4-6,11-14H2,1-3H3;1H. The number of hydrogen-bond acceptors (Lipinski definition) is 6. The summed E-state index contributed by atoms with van der Waals surface area (Å²) in [5.74, 6) is 1.24. The first kappa shape index (κ1) is 24.3. The van der Waals surface area contributed by atoms with Gasteiger partial charge >= 0.3 is 0 Å². The molecule has 1 aromatic heterocycles. The molecule has 2 aromatic carbocycles. The second kappa shape index (κ2) is 11.0. The van der Waals surface area contributed by atoms with Crippen molar-refractivity contribution in [2.45, 2.75) is 27.2 Å². The maximum absolute atomic E-state index is 13.6. The van der Waals surface area contributed by atoms with Crippen molar-refractivity contribution in [2.75, 3.05) is 44.3 Å². The quantitative estimate of drug-likeness (QED) is 0.456. The lowest BCUT2D eigenvalue weighted by Gasteiger charge is -2.25. The van der Waals surface area contributed by atoms with Gasteiger partial charge in [0.1, 0.15) is 13.2 Å². The Morgan fingerprint density at radius 1 is 1.00 bits per heavy atom. The van der Waals surface area contributed by atoms with E-state index in [1.165, 1.54) is 5.56 Å². The van der Waals surface area contributed by atoms with E-state index in [-0.39, 0.29) is 18.3 Å². The van der Waals surface area contributed by atoms with E-state index in [2.05, 4.69) is 37.8 Å². The third-order valence-corrected chi connectivity index (χ3v) is 6.69. The molecule has 2 heterocycles. The van der Waals surface area contributed by atoms with Crippen molar-refractivity contribution in [3.63, 3.8) is 0 Å². The first-order valence-corrected chi connectivity index (χ1v) is 11.8. The Balaban J connectivity index is 0.00000289. The van der Waals surface area contributed by atoms with E-state index in [1.54, 1.807) is 22.3 Å². The predicted octanol–water partition coefficient (Wildman–Crippen LogP) is 5.04. The Bertz CT molecular complexity index is 1070. The second-order valence-electron chi connectivity index (χ2n) is 7.49. The van der Waals surface area contributed by atoms with Crippen LogP contribution in [0.1, 0.15) is 36.7 Å². The second-order valence-corrected chi connectivity index (χ2v) is 8.50. The molecule has 0 spiro atoms. The maximum atomic E-state index is 13.6. The smallest absolute Gasteiger partial charge is 0.260 e. The number of rotatable bonds is 8. The zero-order chi connectivity index (χ0) is 21.8. The molecule has 172 valence electrons. The van der Waals surface area contributed by atoms with Crippen LogP contribution in [0.2, 0.25) is 0 Å². The number of carbonyl (C=O) groups excluding carboxylic acids is 1. The molecule has 3 aromatic rings. The summed E-state index contributed by atoms with van der Waals surface area (Å²) in [4.78, 5) is 22.5. The monoisotopic (exact) mass is 475 g/mol. The molecular weight excluding hydrogens is 446 g/mol. The molecule has 0 radical (unpaired) electrons. The number of amides is 1. The molecule has 32 heavy (non-hydrogen) atoms. The number of hydrogen-bond donors (Lipinski definition) is 0. The van der Waals surface area contributed by atoms with Crippen molar-refractivity contribution in [1.29, 1.82) is 0 Å². The number of likely N-dealkylation sites (N-methyl/N-ethyl adjacent to an activating group) is 1. The number of thiazole rings is 1. The van der Waals surface area contributed by atoms with Crippen LogP contribution < -0.4 is 14.4 Å². The summed E-state index contributed by atoms with van der Waals surface area (Å²) >= 11 is 1.57. The predicted molar refractivity (Wildman–Crippen MR) is 133 cm³/mol. The SMILES string of the molecule is CCc1ccc2nc(N(CCN(CC)CC)C(=O)c3ccc4c(c3)OCCO4)sc2c1.Cl. The number of anilines is 1. The van der Waals surface area contributed by atoms with Crippen molar-refractivity contribution in [1.82, 2.24) is 9.88 Å². The summed E-state index contributed by atoms with van der Waals surface area (Å²) in [5, 5.41) is 0.732. The van der Waals surface area contributed by atoms with Crippen LogP contribution >= 0.6 is 23.7 Å². The highest BCUT2D eigenvalue weighted by Gasteiger charge is 2.24. The summed E-state index contributed by atoms with van der Waals surface area (Å²) in [6.07, 6.45) is 0.977. The first-order chi connectivity index (χ1) is 15.1. The number of halogens is 1. The molecule has 0 bridgehead atoms. The van der Waals surface area contributed by atoms with Gasteiger partial charge in [0.25, 0.3) is 5.91 Å². The van der Waals surface area contributed by atoms with Crippen molar-refractivity contribution in [3.8, 4) is 11.5 Å². The average molecular weight is 476 g/mol. The largest absolute Gasteiger partial charge is 0.486 e. The Kier molecular flexibility index (Phi) is 8.34. The van der Waals surface area contributed by atoms with Crippen LogP contribution in [0.5, 0.6) is 11.5 Å². The van der Waals surface area contributed by atoms with Crippen LogP contribution in [-0.4, -0.2) is 55.2 Å². The van der Waals surface area contributed by atoms with E-state index >= 15 is 0 Å². The van der Waals surface area contributed by atoms with Gasteiger partial charge in [-0.05, 0) is 55.4 Å². The van der Waals surface area contributed by atoms with Crippen LogP contribution in [0.4, 0.5) is 5.13 Å². The Labute approximate surface area is 199 Å². The molecule has 1 amide bonds. The first-order valence-electron chi connectivity index (χ1n) is 11.0. The van der Waals surface area contributed by atoms with E-state index in [0.717, 1.165) is 41.4 Å². The van der Waals surface area contributed by atoms with Gasteiger partial charge in [0.15, 0.2) is 16.6 Å². The number of aromatic nitrogens is 1. The molecule has 0 unspecified atom stereocenters. The number of nitrogens with zero attached hydrogens (tertiary/aromatic N) is 3. The van der Waals surface area contributed by atoms with Crippen molar-refractivity contribution in [2.24, 2.45) is 0 Å². The van der Waals surface area contributed by atoms with Crippen LogP contribution in [0.3, 0.4) is 0 Å². The van der Waals surface area contributed by atoms with Gasteiger partial charge in [0.05, 0.1) is 10.2 Å². The van der Waals surface area contributed by atoms with Crippen molar-refractivity contribution in [3.05, 3.63) is 47.5 Å². The average Bonchev–Trinajstić information content (AvgIpc) is 3.24. The molecule has 4 rings (SSSR count). The van der Waals surface area contributed by atoms with Gasteiger partial charge in [0.2, 0.25) is 0 Å². The van der Waals surface area contributed by atoms with Crippen molar-refractivity contribution >= 4 is 45.0 Å². The summed E-state index contributed by atoms with van der Waals surface area (Å²) < 4.78 is 12.4. The molecule has 1 aliphatic heterocycles. The highest BCUT2D eigenvalue weighted by molar-refractivity contribution is 7.22. The lowest BCUT2D eigenvalue weighted by atomic mass is 10.1. The third-order valence-electron chi connectivity index (χ3n) is 5.65. The third kappa shape index (κ3) is 5.17. The number of ether oxygens (including phenoxy) is 2. The van der Waals surface area contributed by atoms with E-state index < -0.39 is 0 Å². The van der Waals surface area contributed by atoms with E-state index in [4.69, 9.17) is 14.5 Å². The fraction of sp³-hybridized carbons (Fsp3) is 0.417. The normalized spacial score (nSPS) is 12.6. The van der Waals surface area contributed by atoms with Gasteiger partial charge in [-0.3, -0.25) is 9.69 Å². The lowest BCUT2D eigenvalue weighted by molar-refractivity contribution is 0.0982. The zero-order valence-electron chi connectivity index (χ0n) is 18.8. The fourth-order valence-electron chi connectivity index (χ4n) is 3.69. The summed E-state index contributed by atoms with van der Waals surface area (Å²) in [7, 11) is 0. The molecule has 0 atom stereocenters. The lowest BCUT2D eigenvalue weighted by Crippen LogP contribution is -2.38. The molecule has 1 aliphatic rings. The highest BCUT2D eigenvalue weighted by Crippen LogP contribution is 2.34. The highest BCUT2D eigenvalue weighted by atomic mass is 35.5. The van der Waals surface area contributed by atoms with Crippen molar-refractivity contribution < 1.29 is 14.3 Å². The van der Waals surface area contributed by atoms with Gasteiger partial charge in [-0.2, -0.15) is 0 Å². The van der Waals surface area contributed by atoms with Crippen LogP contribution in [0, 0.1) is 0 Å². The van der Waals surface area contributed by atoms with Crippen LogP contribution in [0.15, 0.2) is 36.4 Å².